The average Bonchev–Trinajstić information content (AvgIpc) is 3.74. The zero-order chi connectivity index (χ0) is 40.2. The molecule has 5 aliphatic rings. The number of hydrogen-bond donors (Lipinski definition) is 4. The van der Waals surface area contributed by atoms with Crippen molar-refractivity contribution in [2.24, 2.45) is 5.41 Å². The highest BCUT2D eigenvalue weighted by Crippen LogP contribution is 2.50. The molecule has 57 heavy (non-hydrogen) atoms. The number of piperidine rings is 1. The minimum absolute atomic E-state index is 0.0125. The Bertz CT molecular complexity index is 2210. The van der Waals surface area contributed by atoms with Gasteiger partial charge in [-0.15, -0.1) is 17.9 Å². The highest BCUT2D eigenvalue weighted by Gasteiger charge is 2.51. The molecule has 1 saturated carbocycles. The van der Waals surface area contributed by atoms with Gasteiger partial charge in [0.2, 0.25) is 5.88 Å². The molecule has 3 aromatic rings. The molecule has 2 unspecified atom stereocenters. The van der Waals surface area contributed by atoms with Crippen molar-refractivity contribution < 1.29 is 37.9 Å². The first-order chi connectivity index (χ1) is 27.4. The number of aromatic nitrogens is 2. The lowest BCUT2D eigenvalue weighted by Gasteiger charge is -2.51. The third kappa shape index (κ3) is 7.20. The van der Waals surface area contributed by atoms with E-state index in [1.165, 1.54) is 19.2 Å². The molecule has 0 bridgehead atoms. The van der Waals surface area contributed by atoms with Gasteiger partial charge in [-0.3, -0.25) is 4.90 Å². The summed E-state index contributed by atoms with van der Waals surface area (Å²) in [6, 6.07) is 4.06. The van der Waals surface area contributed by atoms with E-state index in [0.29, 0.717) is 12.6 Å². The van der Waals surface area contributed by atoms with Crippen molar-refractivity contribution in [3.05, 3.63) is 52.3 Å². The molecule has 16 heteroatoms. The lowest BCUT2D eigenvalue weighted by molar-refractivity contribution is -0.0888. The Morgan fingerprint density at radius 3 is 2.81 bits per heavy atom. The number of ether oxygens (including phenoxy) is 4. The smallest absolute Gasteiger partial charge is 0.319 e. The molecule has 5 N–H and O–H groups in total. The third-order valence-electron chi connectivity index (χ3n) is 12.5. The van der Waals surface area contributed by atoms with Crippen molar-refractivity contribution in [1.29, 1.82) is 5.26 Å². The number of anilines is 2. The van der Waals surface area contributed by atoms with Crippen LogP contribution >= 0.6 is 11.3 Å². The second-order valence-electron chi connectivity index (χ2n) is 16.5. The van der Waals surface area contributed by atoms with Crippen LogP contribution in [0.4, 0.5) is 19.6 Å². The molecule has 0 radical (unpaired) electrons. The third-order valence-corrected chi connectivity index (χ3v) is 13.5. The molecule has 0 amide bonds. The Kier molecular flexibility index (Phi) is 10.8. The molecule has 0 spiro atoms. The van der Waals surface area contributed by atoms with Crippen LogP contribution in [-0.4, -0.2) is 108 Å². The number of nitrogens with zero attached hydrogens (tertiary/aromatic N) is 5. The fourth-order valence-corrected chi connectivity index (χ4v) is 11.0. The zero-order valence-corrected chi connectivity index (χ0v) is 33.4. The number of nitrogens with one attached hydrogen (secondary N) is 1. The number of aliphatic hydroxyl groups is 2. The standard InChI is InChI=1S/C41H51F2N7O6S/c1-5-24-15-23(14-22(2)56-24)50-13-7-12-41(11-6-8-29(41)50)21-55-39-47-34-31(37(48-39)49-17-25(18-51)54-20-40(3,52)19-49)38(53-4)46-33(32(34)43)26-9-10-28(42)35-30(26)27(16-44)36(45)57-35/h5,9-10,22-25,29,33,46,51-52H,1,6-8,11-15,17-21,45H2,2-4H3/t22-,23?,24+,25-,29-,33?,40+,41-/m1/s1. The van der Waals surface area contributed by atoms with Gasteiger partial charge in [0.25, 0.3) is 0 Å². The van der Waals surface area contributed by atoms with Crippen molar-refractivity contribution >= 4 is 44.0 Å². The first kappa shape index (κ1) is 39.7. The van der Waals surface area contributed by atoms with Gasteiger partial charge >= 0.3 is 6.01 Å². The van der Waals surface area contributed by atoms with Crippen LogP contribution in [0.15, 0.2) is 24.8 Å². The van der Waals surface area contributed by atoms with Crippen molar-refractivity contribution in [2.75, 3.05) is 57.2 Å². The van der Waals surface area contributed by atoms with Crippen LogP contribution in [0.1, 0.15) is 76.0 Å². The number of nitrogens with two attached hydrogens (primary N) is 1. The number of benzene rings is 1. The van der Waals surface area contributed by atoms with Crippen LogP contribution in [0.25, 0.3) is 21.8 Å². The fourth-order valence-electron chi connectivity index (χ4n) is 10.0. The Balaban J connectivity index is 1.24. The molecule has 13 nitrogen and oxygen atoms in total. The summed E-state index contributed by atoms with van der Waals surface area (Å²) < 4.78 is 57.2. The van der Waals surface area contributed by atoms with Gasteiger partial charge in [0.05, 0.1) is 62.1 Å². The molecule has 2 aromatic heterocycles. The Morgan fingerprint density at radius 1 is 1.25 bits per heavy atom. The largest absolute Gasteiger partial charge is 0.482 e. The van der Waals surface area contributed by atoms with E-state index in [4.69, 9.17) is 34.6 Å². The van der Waals surface area contributed by atoms with Crippen molar-refractivity contribution in [1.82, 2.24) is 20.2 Å². The second-order valence-corrected chi connectivity index (χ2v) is 17.6. The van der Waals surface area contributed by atoms with Crippen molar-refractivity contribution in [3.63, 3.8) is 0 Å². The van der Waals surface area contributed by atoms with E-state index >= 15 is 8.78 Å². The van der Waals surface area contributed by atoms with Crippen LogP contribution < -0.4 is 31.3 Å². The zero-order valence-electron chi connectivity index (χ0n) is 32.6. The predicted octanol–water partition coefficient (Wildman–Crippen LogP) is 3.50. The number of thiophene rings is 1. The summed E-state index contributed by atoms with van der Waals surface area (Å²) in [7, 11) is 1.42. The lowest BCUT2D eigenvalue weighted by atomic mass is 9.74. The number of methoxy groups -OCH3 is 1. The summed E-state index contributed by atoms with van der Waals surface area (Å²) in [5.41, 5.74) is 4.95. The molecule has 1 aromatic carbocycles. The first-order valence-electron chi connectivity index (χ1n) is 19.8. The summed E-state index contributed by atoms with van der Waals surface area (Å²) in [4.78, 5) is 14.1. The van der Waals surface area contributed by atoms with Crippen LogP contribution in [-0.2, 0) is 14.2 Å². The normalized spacial score (nSPS) is 31.9. The first-order valence-corrected chi connectivity index (χ1v) is 20.6. The van der Waals surface area contributed by atoms with Gasteiger partial charge in [0.15, 0.2) is 5.83 Å². The maximum absolute atomic E-state index is 17.4. The average molecular weight is 808 g/mol. The molecule has 4 fully saturated rings. The summed E-state index contributed by atoms with van der Waals surface area (Å²) in [5, 5.41) is 35.1. The molecular formula is C41H51F2N7O6S. The summed E-state index contributed by atoms with van der Waals surface area (Å²) in [6.45, 7) is 8.86. The summed E-state index contributed by atoms with van der Waals surface area (Å²) in [6.07, 6.45) is 8.27. The summed E-state index contributed by atoms with van der Waals surface area (Å²) in [5.74, 6) is -0.977. The van der Waals surface area contributed by atoms with E-state index in [2.05, 4.69) is 29.8 Å². The van der Waals surface area contributed by atoms with Crippen LogP contribution in [0.2, 0.25) is 0 Å². The topological polar surface area (TPSA) is 171 Å². The van der Waals surface area contributed by atoms with Gasteiger partial charge in [0, 0.05) is 29.4 Å². The van der Waals surface area contributed by atoms with Gasteiger partial charge in [-0.1, -0.05) is 18.6 Å². The SMILES string of the molecule is C=C[C@H]1CC(N2CCC[C@@]3(COc4nc(N5C[C@H](CO)OC[C@@](C)(O)C5)c5c(n4)=C(F)C(c4ccc(F)c6sc(N)c(C#N)c46)NC=5OC)CCC[C@@H]23)C[C@@H](C)O1. The Labute approximate surface area is 334 Å². The monoisotopic (exact) mass is 807 g/mol. The number of likely N-dealkylation sites (tertiary alicyclic amines) is 1. The van der Waals surface area contributed by atoms with E-state index in [9.17, 15) is 15.5 Å². The van der Waals surface area contributed by atoms with E-state index in [1.54, 1.807) is 11.8 Å². The number of fused-ring (bicyclic) bond motifs is 3. The number of β-amino-alcohol motifs (C(OH)–C–C–N with tert-alkyl or cyclic N) is 1. The molecule has 6 heterocycles. The Hall–Kier alpha value is -4.11. The number of hydrogen-bond acceptors (Lipinski definition) is 14. The van der Waals surface area contributed by atoms with Gasteiger partial charge < -0.3 is 45.1 Å². The highest BCUT2D eigenvalue weighted by atomic mass is 32.1. The van der Waals surface area contributed by atoms with Crippen LogP contribution in [0.5, 0.6) is 6.01 Å². The van der Waals surface area contributed by atoms with Crippen molar-refractivity contribution in [2.45, 2.75) is 101 Å². The maximum Gasteiger partial charge on any atom is 0.319 e. The van der Waals surface area contributed by atoms with Crippen LogP contribution in [0, 0.1) is 22.6 Å². The van der Waals surface area contributed by atoms with Gasteiger partial charge in [0.1, 0.15) is 44.9 Å². The van der Waals surface area contributed by atoms with E-state index in [1.807, 2.05) is 6.08 Å². The molecule has 3 saturated heterocycles. The minimum Gasteiger partial charge on any atom is -0.482 e. The Morgan fingerprint density at radius 2 is 2.05 bits per heavy atom. The minimum atomic E-state index is -1.36. The number of nitriles is 1. The fraction of sp³-hybridized carbons (Fsp3) is 0.585. The molecular weight excluding hydrogens is 757 g/mol. The molecule has 8 rings (SSSR count). The second kappa shape index (κ2) is 15.6. The number of aliphatic hydroxyl groups excluding tert-OH is 1. The quantitative estimate of drug-likeness (QED) is 0.232. The maximum atomic E-state index is 17.4. The number of rotatable bonds is 9. The lowest BCUT2D eigenvalue weighted by Crippen LogP contribution is -2.57. The molecule has 8 atom stereocenters. The van der Waals surface area contributed by atoms with E-state index in [0.717, 1.165) is 62.8 Å². The van der Waals surface area contributed by atoms with Gasteiger partial charge in [-0.05, 0) is 70.5 Å². The number of nitrogen functional groups attached to an aromatic ring is 1. The molecule has 4 aliphatic heterocycles. The van der Waals surface area contributed by atoms with E-state index in [-0.39, 0.29) is 104 Å². The van der Waals surface area contributed by atoms with Crippen LogP contribution in [0.3, 0.4) is 0 Å². The number of halogens is 2. The highest BCUT2D eigenvalue weighted by molar-refractivity contribution is 7.23. The van der Waals surface area contributed by atoms with E-state index < -0.39 is 29.4 Å². The predicted molar refractivity (Wildman–Crippen MR) is 212 cm³/mol. The summed E-state index contributed by atoms with van der Waals surface area (Å²) >= 11 is 0.927. The van der Waals surface area contributed by atoms with Crippen molar-refractivity contribution in [3.8, 4) is 12.1 Å². The van der Waals surface area contributed by atoms with Gasteiger partial charge in [-0.25, -0.2) is 8.78 Å². The molecule has 306 valence electrons. The molecule has 1 aliphatic carbocycles. The van der Waals surface area contributed by atoms with Gasteiger partial charge in [-0.2, -0.15) is 15.2 Å².